The van der Waals surface area contributed by atoms with E-state index in [2.05, 4.69) is 41.8 Å². The van der Waals surface area contributed by atoms with Gasteiger partial charge in [-0.1, -0.05) is 6.92 Å². The number of hydrogen-bond donors (Lipinski definition) is 1. The summed E-state index contributed by atoms with van der Waals surface area (Å²) in [5, 5.41) is 3.38. The van der Waals surface area contributed by atoms with Gasteiger partial charge < -0.3 is 14.8 Å². The highest BCUT2D eigenvalue weighted by molar-refractivity contribution is 14.1. The molecule has 18 heavy (non-hydrogen) atoms. The zero-order valence-electron chi connectivity index (χ0n) is 11.1. The molecule has 0 saturated heterocycles. The maximum absolute atomic E-state index is 5.56. The van der Waals surface area contributed by atoms with Crippen LogP contribution in [0.1, 0.15) is 20.3 Å². The zero-order chi connectivity index (χ0) is 13.2. The fraction of sp³-hybridized carbons (Fsp3) is 0.571. The van der Waals surface area contributed by atoms with E-state index in [-0.39, 0.29) is 0 Å². The first-order valence-corrected chi connectivity index (χ1v) is 7.49. The minimum atomic E-state index is 0.566. The largest absolute Gasteiger partial charge is 0.491 e. The van der Waals surface area contributed by atoms with Crippen LogP contribution >= 0.6 is 22.6 Å². The standard InChI is InChI=1S/C14H22INO2/c1-3-12(2)16-8-9-17-10-11-18-14-6-4-13(15)5-7-14/h4-7,12,16H,3,8-11H2,1-2H3/t12-/m0/s1. The first kappa shape index (κ1) is 15.7. The molecule has 0 bridgehead atoms. The monoisotopic (exact) mass is 363 g/mol. The van der Waals surface area contributed by atoms with Crippen LogP contribution in [0.2, 0.25) is 0 Å². The van der Waals surface area contributed by atoms with Gasteiger partial charge in [0.15, 0.2) is 0 Å². The highest BCUT2D eigenvalue weighted by atomic mass is 127. The Kier molecular flexibility index (Phi) is 8.37. The molecule has 0 fully saturated rings. The molecule has 0 aliphatic rings. The van der Waals surface area contributed by atoms with E-state index in [9.17, 15) is 0 Å². The molecule has 3 nitrogen and oxygen atoms in total. The number of benzene rings is 1. The summed E-state index contributed by atoms with van der Waals surface area (Å²) in [7, 11) is 0. The lowest BCUT2D eigenvalue weighted by atomic mass is 10.3. The Balaban J connectivity index is 1.97. The van der Waals surface area contributed by atoms with Crippen molar-refractivity contribution < 1.29 is 9.47 Å². The molecule has 0 aliphatic carbocycles. The van der Waals surface area contributed by atoms with Gasteiger partial charge in [0.25, 0.3) is 0 Å². The van der Waals surface area contributed by atoms with Crippen LogP contribution in [0, 0.1) is 3.57 Å². The summed E-state index contributed by atoms with van der Waals surface area (Å²) in [5.74, 6) is 0.900. The summed E-state index contributed by atoms with van der Waals surface area (Å²) in [6, 6.07) is 8.59. The number of nitrogens with one attached hydrogen (secondary N) is 1. The third-order valence-electron chi connectivity index (χ3n) is 2.66. The van der Waals surface area contributed by atoms with Crippen LogP contribution in [0.3, 0.4) is 0 Å². The summed E-state index contributed by atoms with van der Waals surface area (Å²) in [5.41, 5.74) is 0. The van der Waals surface area contributed by atoms with Gasteiger partial charge in [-0.05, 0) is 60.2 Å². The van der Waals surface area contributed by atoms with Crippen molar-refractivity contribution in [3.8, 4) is 5.75 Å². The molecular formula is C14H22INO2. The lowest BCUT2D eigenvalue weighted by Gasteiger charge is -2.11. The normalized spacial score (nSPS) is 12.4. The van der Waals surface area contributed by atoms with Crippen LogP contribution in [-0.2, 0) is 4.74 Å². The second-order valence-corrected chi connectivity index (χ2v) is 5.42. The Bertz CT molecular complexity index is 316. The lowest BCUT2D eigenvalue weighted by molar-refractivity contribution is 0.100. The van der Waals surface area contributed by atoms with Crippen LogP contribution < -0.4 is 10.1 Å². The van der Waals surface area contributed by atoms with E-state index < -0.39 is 0 Å². The highest BCUT2D eigenvalue weighted by Gasteiger charge is 1.97. The van der Waals surface area contributed by atoms with Gasteiger partial charge in [0, 0.05) is 16.2 Å². The molecule has 0 heterocycles. The Morgan fingerprint density at radius 2 is 1.89 bits per heavy atom. The molecule has 4 heteroatoms. The molecule has 1 N–H and O–H groups in total. The van der Waals surface area contributed by atoms with Crippen LogP contribution in [0.5, 0.6) is 5.75 Å². The van der Waals surface area contributed by atoms with E-state index in [0.29, 0.717) is 19.3 Å². The van der Waals surface area contributed by atoms with Gasteiger partial charge in [0.1, 0.15) is 12.4 Å². The zero-order valence-corrected chi connectivity index (χ0v) is 13.3. The van der Waals surface area contributed by atoms with E-state index in [4.69, 9.17) is 9.47 Å². The van der Waals surface area contributed by atoms with Crippen molar-refractivity contribution in [3.63, 3.8) is 0 Å². The van der Waals surface area contributed by atoms with Gasteiger partial charge >= 0.3 is 0 Å². The molecule has 1 aromatic rings. The second-order valence-electron chi connectivity index (χ2n) is 4.18. The predicted molar refractivity (Wildman–Crippen MR) is 83.2 cm³/mol. The van der Waals surface area contributed by atoms with Crippen LogP contribution in [0.4, 0.5) is 0 Å². The van der Waals surface area contributed by atoms with Crippen molar-refractivity contribution in [1.82, 2.24) is 5.32 Å². The third kappa shape index (κ3) is 7.18. The summed E-state index contributed by atoms with van der Waals surface area (Å²) >= 11 is 2.28. The minimum absolute atomic E-state index is 0.566. The first-order chi connectivity index (χ1) is 8.72. The first-order valence-electron chi connectivity index (χ1n) is 6.42. The fourth-order valence-corrected chi connectivity index (χ4v) is 1.73. The Hall–Kier alpha value is -0.330. The fourth-order valence-electron chi connectivity index (χ4n) is 1.37. The highest BCUT2D eigenvalue weighted by Crippen LogP contribution is 2.13. The molecule has 102 valence electrons. The summed E-state index contributed by atoms with van der Waals surface area (Å²) in [4.78, 5) is 0. The molecule has 0 aromatic heterocycles. The molecule has 0 aliphatic heterocycles. The van der Waals surface area contributed by atoms with Gasteiger partial charge in [0.2, 0.25) is 0 Å². The van der Waals surface area contributed by atoms with Crippen molar-refractivity contribution in [2.75, 3.05) is 26.4 Å². The topological polar surface area (TPSA) is 30.5 Å². The van der Waals surface area contributed by atoms with Crippen molar-refractivity contribution in [3.05, 3.63) is 27.8 Å². The van der Waals surface area contributed by atoms with Gasteiger partial charge in [-0.3, -0.25) is 0 Å². The van der Waals surface area contributed by atoms with Gasteiger partial charge in [0.05, 0.1) is 13.2 Å². The van der Waals surface area contributed by atoms with E-state index in [0.717, 1.165) is 25.3 Å². The van der Waals surface area contributed by atoms with Crippen LogP contribution in [0.25, 0.3) is 0 Å². The Labute approximate surface area is 123 Å². The van der Waals surface area contributed by atoms with Gasteiger partial charge in [-0.25, -0.2) is 0 Å². The molecule has 1 aromatic carbocycles. The van der Waals surface area contributed by atoms with Crippen molar-refractivity contribution in [2.24, 2.45) is 0 Å². The quantitative estimate of drug-likeness (QED) is 0.540. The summed E-state index contributed by atoms with van der Waals surface area (Å²) in [6.45, 7) is 7.23. The van der Waals surface area contributed by atoms with Gasteiger partial charge in [-0.15, -0.1) is 0 Å². The maximum atomic E-state index is 5.56. The summed E-state index contributed by atoms with van der Waals surface area (Å²) in [6.07, 6.45) is 1.15. The van der Waals surface area contributed by atoms with E-state index in [1.54, 1.807) is 0 Å². The minimum Gasteiger partial charge on any atom is -0.491 e. The maximum Gasteiger partial charge on any atom is 0.119 e. The Morgan fingerprint density at radius 1 is 1.17 bits per heavy atom. The van der Waals surface area contributed by atoms with Crippen molar-refractivity contribution in [2.45, 2.75) is 26.3 Å². The van der Waals surface area contributed by atoms with E-state index in [1.807, 2.05) is 24.3 Å². The molecule has 0 unspecified atom stereocenters. The molecule has 0 radical (unpaired) electrons. The summed E-state index contributed by atoms with van der Waals surface area (Å²) < 4.78 is 12.3. The molecule has 1 atom stereocenters. The van der Waals surface area contributed by atoms with Crippen molar-refractivity contribution in [1.29, 1.82) is 0 Å². The Morgan fingerprint density at radius 3 is 2.56 bits per heavy atom. The molecule has 1 rings (SSSR count). The van der Waals surface area contributed by atoms with Crippen molar-refractivity contribution >= 4 is 22.6 Å². The average molecular weight is 363 g/mol. The van der Waals surface area contributed by atoms with E-state index >= 15 is 0 Å². The second kappa shape index (κ2) is 9.58. The number of hydrogen-bond acceptors (Lipinski definition) is 3. The average Bonchev–Trinajstić information content (AvgIpc) is 2.39. The molecule has 0 amide bonds. The van der Waals surface area contributed by atoms with Gasteiger partial charge in [-0.2, -0.15) is 0 Å². The molecule has 0 saturated carbocycles. The number of ether oxygens (including phenoxy) is 2. The molecule has 0 spiro atoms. The third-order valence-corrected chi connectivity index (χ3v) is 3.38. The lowest BCUT2D eigenvalue weighted by Crippen LogP contribution is -2.29. The smallest absolute Gasteiger partial charge is 0.119 e. The van der Waals surface area contributed by atoms with E-state index in [1.165, 1.54) is 3.57 Å². The van der Waals surface area contributed by atoms with Crippen LogP contribution in [0.15, 0.2) is 24.3 Å². The van der Waals surface area contributed by atoms with Crippen LogP contribution in [-0.4, -0.2) is 32.4 Å². The predicted octanol–water partition coefficient (Wildman–Crippen LogP) is 3.07. The SMILES string of the molecule is CC[C@H](C)NCCOCCOc1ccc(I)cc1. The molecular weight excluding hydrogens is 341 g/mol. The number of rotatable bonds is 9. The number of halogens is 1.